The lowest BCUT2D eigenvalue weighted by Gasteiger charge is -2.16. The average molecular weight is 434 g/mol. The summed E-state index contributed by atoms with van der Waals surface area (Å²) in [6.45, 7) is 2.31. The van der Waals surface area contributed by atoms with Gasteiger partial charge in [-0.3, -0.25) is 4.79 Å². The first-order valence-corrected chi connectivity index (χ1v) is 10.9. The summed E-state index contributed by atoms with van der Waals surface area (Å²) in [5.41, 5.74) is 0.926. The van der Waals surface area contributed by atoms with Crippen molar-refractivity contribution in [1.82, 2.24) is 5.32 Å². The fraction of sp³-hybridized carbons (Fsp3) is 0.227. The summed E-state index contributed by atoms with van der Waals surface area (Å²) in [7, 11) is 0. The summed E-state index contributed by atoms with van der Waals surface area (Å²) in [5.74, 6) is 2.04. The molecule has 0 radical (unpaired) electrons. The van der Waals surface area contributed by atoms with E-state index in [-0.39, 0.29) is 5.91 Å². The molecule has 0 saturated heterocycles. The largest absolute Gasteiger partial charge is 0.480 e. The van der Waals surface area contributed by atoms with Crippen molar-refractivity contribution in [2.24, 2.45) is 0 Å². The number of amides is 1. The van der Waals surface area contributed by atoms with Crippen molar-refractivity contribution in [3.63, 3.8) is 0 Å². The number of thioether (sulfide) groups is 1. The van der Waals surface area contributed by atoms with Crippen LogP contribution >= 0.6 is 35.0 Å². The molecule has 0 saturated carbocycles. The van der Waals surface area contributed by atoms with E-state index in [1.54, 1.807) is 18.7 Å². The normalized spacial score (nSPS) is 12.0. The molecule has 0 bridgehead atoms. The summed E-state index contributed by atoms with van der Waals surface area (Å²) in [5, 5.41) is 6.33. The molecule has 0 spiro atoms. The quantitative estimate of drug-likeness (QED) is 0.445. The van der Waals surface area contributed by atoms with Gasteiger partial charge in [0.1, 0.15) is 5.75 Å². The van der Waals surface area contributed by atoms with Gasteiger partial charge in [0.15, 0.2) is 6.10 Å². The zero-order valence-electron chi connectivity index (χ0n) is 15.5. The van der Waals surface area contributed by atoms with E-state index in [2.05, 4.69) is 5.32 Å². The maximum absolute atomic E-state index is 12.3. The number of ether oxygens (including phenoxy) is 1. The summed E-state index contributed by atoms with van der Waals surface area (Å²) >= 11 is 14.0. The van der Waals surface area contributed by atoms with Crippen LogP contribution in [0, 0.1) is 0 Å². The van der Waals surface area contributed by atoms with Crippen LogP contribution in [0.1, 0.15) is 12.5 Å². The molecule has 146 valence electrons. The fourth-order valence-electron chi connectivity index (χ4n) is 2.78. The molecular weight excluding hydrogens is 413 g/mol. The van der Waals surface area contributed by atoms with Crippen molar-refractivity contribution < 1.29 is 9.53 Å². The van der Waals surface area contributed by atoms with Gasteiger partial charge in [-0.25, -0.2) is 0 Å². The number of nitrogens with one attached hydrogen (secondary N) is 1. The van der Waals surface area contributed by atoms with Gasteiger partial charge in [0.2, 0.25) is 0 Å². The third-order valence-corrected chi connectivity index (χ3v) is 5.97. The number of carbonyl (C=O) groups excluding carboxylic acids is 1. The minimum Gasteiger partial charge on any atom is -0.480 e. The summed E-state index contributed by atoms with van der Waals surface area (Å²) in [4.78, 5) is 12.3. The molecule has 3 nitrogen and oxygen atoms in total. The van der Waals surface area contributed by atoms with Crippen LogP contribution < -0.4 is 10.1 Å². The molecule has 0 aliphatic rings. The molecule has 0 unspecified atom stereocenters. The van der Waals surface area contributed by atoms with Crippen molar-refractivity contribution in [2.75, 3.05) is 12.3 Å². The molecule has 0 aliphatic heterocycles. The number of hydrogen-bond acceptors (Lipinski definition) is 3. The number of fused-ring (bicyclic) bond motifs is 1. The average Bonchev–Trinajstić information content (AvgIpc) is 2.69. The molecule has 3 aromatic rings. The zero-order chi connectivity index (χ0) is 19.9. The number of halogens is 2. The van der Waals surface area contributed by atoms with Gasteiger partial charge in [0.25, 0.3) is 5.91 Å². The van der Waals surface area contributed by atoms with Crippen LogP contribution in [0.4, 0.5) is 0 Å². The Hall–Kier alpha value is -1.88. The van der Waals surface area contributed by atoms with Crippen molar-refractivity contribution in [3.05, 3.63) is 76.3 Å². The van der Waals surface area contributed by atoms with Crippen molar-refractivity contribution in [1.29, 1.82) is 0 Å². The third-order valence-electron chi connectivity index (χ3n) is 4.28. The Labute approximate surface area is 179 Å². The zero-order valence-corrected chi connectivity index (χ0v) is 17.8. The van der Waals surface area contributed by atoms with E-state index in [0.717, 1.165) is 22.1 Å². The molecule has 3 rings (SSSR count). The lowest BCUT2D eigenvalue weighted by molar-refractivity contribution is -0.127. The Bertz CT molecular complexity index is 939. The van der Waals surface area contributed by atoms with Crippen molar-refractivity contribution in [2.45, 2.75) is 18.8 Å². The highest BCUT2D eigenvalue weighted by Gasteiger charge is 2.15. The van der Waals surface area contributed by atoms with Crippen LogP contribution in [0.15, 0.2) is 60.7 Å². The van der Waals surface area contributed by atoms with E-state index in [0.29, 0.717) is 28.1 Å². The molecule has 1 atom stereocenters. The number of hydrogen-bond donors (Lipinski definition) is 1. The lowest BCUT2D eigenvalue weighted by Crippen LogP contribution is -2.37. The molecule has 1 N–H and O–H groups in total. The van der Waals surface area contributed by atoms with E-state index < -0.39 is 6.10 Å². The fourth-order valence-corrected chi connectivity index (χ4v) is 4.37. The van der Waals surface area contributed by atoms with Gasteiger partial charge in [-0.05, 0) is 36.1 Å². The first-order chi connectivity index (χ1) is 13.6. The topological polar surface area (TPSA) is 38.3 Å². The summed E-state index contributed by atoms with van der Waals surface area (Å²) < 4.78 is 5.89. The van der Waals surface area contributed by atoms with Gasteiger partial charge in [-0.1, -0.05) is 65.7 Å². The molecule has 1 amide bonds. The monoisotopic (exact) mass is 433 g/mol. The Morgan fingerprint density at radius 3 is 2.50 bits per heavy atom. The van der Waals surface area contributed by atoms with Gasteiger partial charge >= 0.3 is 0 Å². The molecule has 28 heavy (non-hydrogen) atoms. The molecule has 0 aromatic heterocycles. The minimum atomic E-state index is -0.575. The second-order valence-corrected chi connectivity index (χ2v) is 8.20. The third kappa shape index (κ3) is 5.34. The molecule has 0 fully saturated rings. The second-order valence-electron chi connectivity index (χ2n) is 6.28. The van der Waals surface area contributed by atoms with Crippen LogP contribution in [0.2, 0.25) is 10.0 Å². The van der Waals surface area contributed by atoms with E-state index >= 15 is 0 Å². The second kappa shape index (κ2) is 10.1. The molecular formula is C22H21Cl2NO2S. The molecule has 0 heterocycles. The standard InChI is InChI=1S/C22H21Cl2NO2S/c1-15(27-21-11-4-7-16-6-2-3-8-17(16)21)22(26)25-12-13-28-14-18-19(23)9-5-10-20(18)24/h2-11,15H,12-14H2,1H3,(H,25,26)/t15-/m0/s1. The van der Waals surface area contributed by atoms with E-state index in [1.165, 1.54) is 0 Å². The van der Waals surface area contributed by atoms with Gasteiger partial charge in [0, 0.05) is 33.5 Å². The molecule has 3 aromatic carbocycles. The van der Waals surface area contributed by atoms with E-state index in [9.17, 15) is 4.79 Å². The Kier molecular flexibility index (Phi) is 7.49. The number of rotatable bonds is 8. The number of benzene rings is 3. The van der Waals surface area contributed by atoms with Gasteiger partial charge in [0.05, 0.1) is 0 Å². The van der Waals surface area contributed by atoms with Crippen LogP contribution in [-0.2, 0) is 10.5 Å². The van der Waals surface area contributed by atoms with Crippen LogP contribution in [0.5, 0.6) is 5.75 Å². The van der Waals surface area contributed by atoms with Crippen LogP contribution in [0.3, 0.4) is 0 Å². The highest BCUT2D eigenvalue weighted by atomic mass is 35.5. The van der Waals surface area contributed by atoms with Gasteiger partial charge in [-0.2, -0.15) is 11.8 Å². The number of carbonyl (C=O) groups is 1. The van der Waals surface area contributed by atoms with Gasteiger partial charge in [-0.15, -0.1) is 0 Å². The smallest absolute Gasteiger partial charge is 0.260 e. The van der Waals surface area contributed by atoms with Crippen molar-refractivity contribution >= 4 is 51.6 Å². The predicted molar refractivity (Wildman–Crippen MR) is 120 cm³/mol. The van der Waals surface area contributed by atoms with Crippen LogP contribution in [-0.4, -0.2) is 24.3 Å². The maximum atomic E-state index is 12.3. The summed E-state index contributed by atoms with van der Waals surface area (Å²) in [6, 6.07) is 19.3. The lowest BCUT2D eigenvalue weighted by atomic mass is 10.1. The first-order valence-electron chi connectivity index (χ1n) is 8.99. The summed E-state index contributed by atoms with van der Waals surface area (Å²) in [6.07, 6.45) is -0.575. The van der Waals surface area contributed by atoms with Crippen LogP contribution in [0.25, 0.3) is 10.8 Å². The minimum absolute atomic E-state index is 0.135. The molecule has 0 aliphatic carbocycles. The van der Waals surface area contributed by atoms with E-state index in [1.807, 2.05) is 60.7 Å². The first kappa shape index (κ1) is 20.8. The highest BCUT2D eigenvalue weighted by Crippen LogP contribution is 2.28. The van der Waals surface area contributed by atoms with E-state index in [4.69, 9.17) is 27.9 Å². The Morgan fingerprint density at radius 1 is 1.04 bits per heavy atom. The molecule has 6 heteroatoms. The van der Waals surface area contributed by atoms with Gasteiger partial charge < -0.3 is 10.1 Å². The van der Waals surface area contributed by atoms with Crippen molar-refractivity contribution in [3.8, 4) is 5.75 Å². The predicted octanol–water partition coefficient (Wildman–Crippen LogP) is 5.96. The SMILES string of the molecule is C[C@H](Oc1cccc2ccccc12)C(=O)NCCSCc1c(Cl)cccc1Cl. The maximum Gasteiger partial charge on any atom is 0.260 e. The Balaban J connectivity index is 1.46. The highest BCUT2D eigenvalue weighted by molar-refractivity contribution is 7.98. The Morgan fingerprint density at radius 2 is 1.71 bits per heavy atom.